The van der Waals surface area contributed by atoms with Crippen LogP contribution in [0.25, 0.3) is 0 Å². The normalized spacial score (nSPS) is 11.8. The van der Waals surface area contributed by atoms with E-state index in [0.717, 1.165) is 6.42 Å². The van der Waals surface area contributed by atoms with Crippen LogP contribution in [-0.4, -0.2) is 35.2 Å². The molecule has 128 valence electrons. The van der Waals surface area contributed by atoms with E-state index >= 15 is 0 Å². The van der Waals surface area contributed by atoms with Crippen LogP contribution >= 0.6 is 11.3 Å². The highest BCUT2D eigenvalue weighted by Gasteiger charge is 2.14. The molecule has 8 heteroatoms. The van der Waals surface area contributed by atoms with Gasteiger partial charge in [0.15, 0.2) is 0 Å². The highest BCUT2D eigenvalue weighted by Crippen LogP contribution is 2.15. The van der Waals surface area contributed by atoms with E-state index in [1.54, 1.807) is 31.4 Å². The molecule has 0 unspecified atom stereocenters. The van der Waals surface area contributed by atoms with Gasteiger partial charge in [-0.3, -0.25) is 9.59 Å². The van der Waals surface area contributed by atoms with Crippen molar-refractivity contribution >= 4 is 28.8 Å². The van der Waals surface area contributed by atoms with Crippen molar-refractivity contribution in [1.29, 1.82) is 0 Å². The van der Waals surface area contributed by atoms with Gasteiger partial charge in [0.25, 0.3) is 11.8 Å². The Balaban J connectivity index is 2.05. The van der Waals surface area contributed by atoms with Crippen LogP contribution in [0.3, 0.4) is 0 Å². The summed E-state index contributed by atoms with van der Waals surface area (Å²) in [6.45, 7) is 4.26. The van der Waals surface area contributed by atoms with Crippen molar-refractivity contribution in [2.24, 2.45) is 0 Å². The number of ether oxygens (including phenoxy) is 1. The maximum absolute atomic E-state index is 12.2. The molecule has 0 saturated carbocycles. The van der Waals surface area contributed by atoms with Crippen LogP contribution in [0, 0.1) is 0 Å². The molecule has 0 saturated heterocycles. The SMILES string of the molecule is CC[C@@H](C)NC(=O)c1cccc(NC(=O)c2nnc(COC)s2)c1. The number of hydrogen-bond donors (Lipinski definition) is 2. The molecule has 0 radical (unpaired) electrons. The molecule has 0 spiro atoms. The third-order valence-electron chi connectivity index (χ3n) is 3.30. The molecule has 24 heavy (non-hydrogen) atoms. The Morgan fingerprint density at radius 3 is 2.79 bits per heavy atom. The first-order valence-electron chi connectivity index (χ1n) is 7.57. The number of anilines is 1. The summed E-state index contributed by atoms with van der Waals surface area (Å²) in [6.07, 6.45) is 0.850. The van der Waals surface area contributed by atoms with Gasteiger partial charge in [0.1, 0.15) is 5.01 Å². The lowest BCUT2D eigenvalue weighted by molar-refractivity contribution is 0.0938. The van der Waals surface area contributed by atoms with Crippen molar-refractivity contribution in [3.8, 4) is 0 Å². The summed E-state index contributed by atoms with van der Waals surface area (Å²) in [7, 11) is 1.55. The standard InChI is InChI=1S/C16H20N4O3S/c1-4-10(2)17-14(21)11-6-5-7-12(8-11)18-15(22)16-20-19-13(24-16)9-23-3/h5-8,10H,4,9H2,1-3H3,(H,17,21)(H,18,22)/t10-/m1/s1. The van der Waals surface area contributed by atoms with Crippen molar-refractivity contribution in [1.82, 2.24) is 15.5 Å². The van der Waals surface area contributed by atoms with Gasteiger partial charge < -0.3 is 15.4 Å². The minimum Gasteiger partial charge on any atom is -0.377 e. The lowest BCUT2D eigenvalue weighted by Gasteiger charge is -2.12. The molecular formula is C16H20N4O3S. The Morgan fingerprint density at radius 1 is 1.29 bits per heavy atom. The molecule has 2 N–H and O–H groups in total. The smallest absolute Gasteiger partial charge is 0.286 e. The predicted molar refractivity (Wildman–Crippen MR) is 92.2 cm³/mol. The highest BCUT2D eigenvalue weighted by atomic mass is 32.1. The summed E-state index contributed by atoms with van der Waals surface area (Å²) in [5, 5.41) is 14.2. The lowest BCUT2D eigenvalue weighted by Crippen LogP contribution is -2.31. The van der Waals surface area contributed by atoms with Crippen LogP contribution in [0.4, 0.5) is 5.69 Å². The largest absolute Gasteiger partial charge is 0.377 e. The maximum atomic E-state index is 12.2. The predicted octanol–water partition coefficient (Wildman–Crippen LogP) is 2.47. The number of nitrogens with one attached hydrogen (secondary N) is 2. The molecule has 0 aliphatic carbocycles. The first-order valence-corrected chi connectivity index (χ1v) is 8.38. The van der Waals surface area contributed by atoms with E-state index in [1.807, 2.05) is 13.8 Å². The zero-order chi connectivity index (χ0) is 17.5. The monoisotopic (exact) mass is 348 g/mol. The van der Waals surface area contributed by atoms with E-state index in [4.69, 9.17) is 4.74 Å². The molecular weight excluding hydrogens is 328 g/mol. The fraction of sp³-hybridized carbons (Fsp3) is 0.375. The van der Waals surface area contributed by atoms with E-state index in [2.05, 4.69) is 20.8 Å². The Morgan fingerprint density at radius 2 is 2.08 bits per heavy atom. The van der Waals surface area contributed by atoms with Crippen molar-refractivity contribution in [3.63, 3.8) is 0 Å². The van der Waals surface area contributed by atoms with Crippen LogP contribution in [0.1, 0.15) is 45.4 Å². The third kappa shape index (κ3) is 4.84. The molecule has 0 aliphatic heterocycles. The zero-order valence-electron chi connectivity index (χ0n) is 13.8. The Bertz CT molecular complexity index is 717. The highest BCUT2D eigenvalue weighted by molar-refractivity contribution is 7.13. The van der Waals surface area contributed by atoms with Gasteiger partial charge in [-0.15, -0.1) is 10.2 Å². The summed E-state index contributed by atoms with van der Waals surface area (Å²) < 4.78 is 4.95. The summed E-state index contributed by atoms with van der Waals surface area (Å²) in [5.41, 5.74) is 1.02. The molecule has 1 atom stereocenters. The van der Waals surface area contributed by atoms with Crippen molar-refractivity contribution in [2.45, 2.75) is 32.9 Å². The second-order valence-electron chi connectivity index (χ2n) is 5.25. The summed E-state index contributed by atoms with van der Waals surface area (Å²) in [5.74, 6) is -0.534. The first kappa shape index (κ1) is 18.0. The van der Waals surface area contributed by atoms with Crippen LogP contribution in [-0.2, 0) is 11.3 Å². The number of aromatic nitrogens is 2. The Kier molecular flexibility index (Phi) is 6.39. The molecule has 1 aromatic carbocycles. The number of rotatable bonds is 7. The molecule has 0 aliphatic rings. The van der Waals surface area contributed by atoms with Crippen LogP contribution in [0.15, 0.2) is 24.3 Å². The topological polar surface area (TPSA) is 93.2 Å². The number of carbonyl (C=O) groups excluding carboxylic acids is 2. The van der Waals surface area contributed by atoms with E-state index in [1.165, 1.54) is 11.3 Å². The second-order valence-corrected chi connectivity index (χ2v) is 6.31. The van der Waals surface area contributed by atoms with E-state index < -0.39 is 0 Å². The first-order chi connectivity index (χ1) is 11.5. The molecule has 2 rings (SSSR count). The molecule has 1 heterocycles. The number of amides is 2. The summed E-state index contributed by atoms with van der Waals surface area (Å²) >= 11 is 1.17. The molecule has 2 aromatic rings. The number of hydrogen-bond acceptors (Lipinski definition) is 6. The molecule has 0 fully saturated rings. The second kappa shape index (κ2) is 8.51. The quantitative estimate of drug-likeness (QED) is 0.802. The third-order valence-corrected chi connectivity index (χ3v) is 4.20. The van der Waals surface area contributed by atoms with Crippen LogP contribution < -0.4 is 10.6 Å². The Hall–Kier alpha value is -2.32. The molecule has 7 nitrogen and oxygen atoms in total. The van der Waals surface area contributed by atoms with Crippen molar-refractivity contribution in [3.05, 3.63) is 39.8 Å². The number of carbonyl (C=O) groups is 2. The fourth-order valence-corrected chi connectivity index (χ4v) is 2.57. The van der Waals surface area contributed by atoms with E-state index in [0.29, 0.717) is 22.9 Å². The van der Waals surface area contributed by atoms with Gasteiger partial charge in [-0.05, 0) is 31.5 Å². The van der Waals surface area contributed by atoms with Gasteiger partial charge in [0.05, 0.1) is 6.61 Å². The molecule has 0 bridgehead atoms. The summed E-state index contributed by atoms with van der Waals surface area (Å²) in [6, 6.07) is 6.87. The Labute approximate surface area is 144 Å². The van der Waals surface area contributed by atoms with Crippen LogP contribution in [0.2, 0.25) is 0 Å². The van der Waals surface area contributed by atoms with Crippen LogP contribution in [0.5, 0.6) is 0 Å². The van der Waals surface area contributed by atoms with E-state index in [9.17, 15) is 9.59 Å². The number of benzene rings is 1. The number of methoxy groups -OCH3 is 1. The summed E-state index contributed by atoms with van der Waals surface area (Å²) in [4.78, 5) is 24.3. The van der Waals surface area contributed by atoms with Crippen molar-refractivity contribution in [2.75, 3.05) is 12.4 Å². The average molecular weight is 348 g/mol. The molecule has 1 aromatic heterocycles. The maximum Gasteiger partial charge on any atom is 0.286 e. The molecule has 2 amide bonds. The van der Waals surface area contributed by atoms with Gasteiger partial charge in [-0.1, -0.05) is 24.3 Å². The lowest BCUT2D eigenvalue weighted by atomic mass is 10.1. The van der Waals surface area contributed by atoms with Crippen molar-refractivity contribution < 1.29 is 14.3 Å². The average Bonchev–Trinajstić information content (AvgIpc) is 3.04. The van der Waals surface area contributed by atoms with Gasteiger partial charge >= 0.3 is 0 Å². The minimum atomic E-state index is -0.366. The minimum absolute atomic E-state index is 0.0938. The number of nitrogens with zero attached hydrogens (tertiary/aromatic N) is 2. The zero-order valence-corrected chi connectivity index (χ0v) is 14.6. The van der Waals surface area contributed by atoms with Gasteiger partial charge in [0.2, 0.25) is 5.01 Å². The van der Waals surface area contributed by atoms with Gasteiger partial charge in [-0.25, -0.2) is 0 Å². The van der Waals surface area contributed by atoms with E-state index in [-0.39, 0.29) is 22.9 Å². The fourth-order valence-electron chi connectivity index (χ4n) is 1.86. The van der Waals surface area contributed by atoms with Gasteiger partial charge in [-0.2, -0.15) is 0 Å². The van der Waals surface area contributed by atoms with Gasteiger partial charge in [0, 0.05) is 24.4 Å².